The Bertz CT molecular complexity index is 3850. The molecule has 0 amide bonds. The summed E-state index contributed by atoms with van der Waals surface area (Å²) in [6.07, 6.45) is 0. The lowest BCUT2D eigenvalue weighted by Crippen LogP contribution is -2.47. The van der Waals surface area contributed by atoms with Gasteiger partial charge in [0.05, 0.1) is 33.6 Å². The smallest absolute Gasteiger partial charge is 0.101 e. The Balaban J connectivity index is 1.15. The maximum Gasteiger partial charge on any atom is 0.101 e. The summed E-state index contributed by atoms with van der Waals surface area (Å²) in [5, 5.41) is 2.31. The summed E-state index contributed by atoms with van der Waals surface area (Å²) >= 11 is 3.90. The molecule has 2 spiro atoms. The number of fused-ring (bicyclic) bond motifs is 14. The minimum absolute atomic E-state index is 0.817. The minimum atomic E-state index is -0.817. The van der Waals surface area contributed by atoms with E-state index in [4.69, 9.17) is 0 Å². The molecule has 0 atom stereocenters. The van der Waals surface area contributed by atoms with Gasteiger partial charge in [-0.3, -0.25) is 0 Å². The van der Waals surface area contributed by atoms with Crippen LogP contribution in [0.5, 0.6) is 0 Å². The Morgan fingerprint density at radius 3 is 0.838 bits per heavy atom. The first-order chi connectivity index (χ1) is 39.3. The highest BCUT2D eigenvalue weighted by atomic mass is 32.1. The lowest BCUT2D eigenvalue weighted by Gasteiger charge is -2.53. The van der Waals surface area contributed by atoms with Crippen LogP contribution in [0.4, 0.5) is 66.9 Å². The highest BCUT2D eigenvalue weighted by Crippen LogP contribution is 2.72. The fraction of sp³-hybridized carbons (Fsp3) is 0.0811. The van der Waals surface area contributed by atoms with Crippen LogP contribution in [-0.4, -0.2) is 0 Å². The number of para-hydroxylation sites is 6. The van der Waals surface area contributed by atoms with Crippen LogP contribution in [0.2, 0.25) is 0 Å². The van der Waals surface area contributed by atoms with Crippen molar-refractivity contribution in [2.45, 2.75) is 38.5 Å². The van der Waals surface area contributed by atoms with E-state index in [9.17, 15) is 0 Å². The quantitative estimate of drug-likeness (QED) is 0.150. The molecule has 4 nitrogen and oxygen atoms in total. The van der Waals surface area contributed by atoms with Gasteiger partial charge in [-0.05, 0) is 193 Å². The van der Waals surface area contributed by atoms with Crippen LogP contribution in [0, 0.1) is 27.7 Å². The molecule has 15 rings (SSSR count). The molecule has 6 heteroatoms. The van der Waals surface area contributed by atoms with Crippen molar-refractivity contribution in [1.29, 1.82) is 0 Å². The van der Waals surface area contributed by atoms with Crippen LogP contribution < -0.4 is 19.6 Å². The van der Waals surface area contributed by atoms with Crippen molar-refractivity contribution in [3.63, 3.8) is 0 Å². The first-order valence-corrected chi connectivity index (χ1v) is 29.2. The molecule has 12 aromatic rings. The third-order valence-electron chi connectivity index (χ3n) is 16.6. The van der Waals surface area contributed by atoms with Gasteiger partial charge in [0.15, 0.2) is 0 Å². The summed E-state index contributed by atoms with van der Waals surface area (Å²) in [4.78, 5) is 12.7. The van der Waals surface area contributed by atoms with Crippen molar-refractivity contribution < 1.29 is 0 Å². The Hall–Kier alpha value is -9.20. The molecule has 0 unspecified atom stereocenters. The van der Waals surface area contributed by atoms with Gasteiger partial charge >= 0.3 is 0 Å². The second kappa shape index (κ2) is 18.7. The molecule has 0 bridgehead atoms. The van der Waals surface area contributed by atoms with E-state index in [1.54, 1.807) is 0 Å². The van der Waals surface area contributed by atoms with E-state index in [0.29, 0.717) is 0 Å². The Labute approximate surface area is 477 Å². The van der Waals surface area contributed by atoms with E-state index in [2.05, 4.69) is 314 Å². The average Bonchev–Trinajstić information content (AvgIpc) is 3.80. The minimum Gasteiger partial charge on any atom is -0.310 e. The van der Waals surface area contributed by atoms with Gasteiger partial charge in [0, 0.05) is 43.9 Å². The number of hydrogen-bond donors (Lipinski definition) is 0. The molecule has 3 aliphatic rings. The molecule has 384 valence electrons. The largest absolute Gasteiger partial charge is 0.310 e. The molecular formula is C74H56N4S2. The lowest BCUT2D eigenvalue weighted by atomic mass is 9.53. The van der Waals surface area contributed by atoms with Crippen LogP contribution in [0.25, 0.3) is 0 Å². The SMILES string of the molecule is Cc1cccc(N(c2cccc(C)c2)c2cc3c(s2)C2(c4ccccc4N(c4ccccc4)c4ccccc42)c2cc(N(c4cccc(C)c4)c4cccc(C)c4)sc2C32c3ccccc3N(c3ccccc3)c3ccccc32)c1. The van der Waals surface area contributed by atoms with Crippen LogP contribution >= 0.6 is 22.7 Å². The topological polar surface area (TPSA) is 13.0 Å². The lowest BCUT2D eigenvalue weighted by molar-refractivity contribution is 0.634. The van der Waals surface area contributed by atoms with Crippen molar-refractivity contribution in [2.75, 3.05) is 19.6 Å². The Kier molecular flexibility index (Phi) is 11.2. The summed E-state index contributed by atoms with van der Waals surface area (Å²) in [6.45, 7) is 8.82. The van der Waals surface area contributed by atoms with Crippen molar-refractivity contribution in [1.82, 2.24) is 0 Å². The predicted octanol–water partition coefficient (Wildman–Crippen LogP) is 20.6. The Morgan fingerprint density at radius 2 is 0.550 bits per heavy atom. The molecule has 2 aromatic heterocycles. The Morgan fingerprint density at radius 1 is 0.275 bits per heavy atom. The number of anilines is 12. The van der Waals surface area contributed by atoms with Gasteiger partial charge in [-0.25, -0.2) is 0 Å². The molecule has 0 N–H and O–H groups in total. The summed E-state index contributed by atoms with van der Waals surface area (Å²) in [5.74, 6) is 0. The highest BCUT2D eigenvalue weighted by molar-refractivity contribution is 7.18. The molecule has 2 aliphatic heterocycles. The standard InChI is InChI=1S/C74H56N4S2/c1-49-23-19-31-55(43-49)75(56-32-20-24-50(2)44-56)69-47-63-71(79-69)74(61-37-13-17-41-67(61)78(54-29-9-6-10-30-54)68-42-18-14-38-62(68)74)64-48-70(76(57-33-21-25-51(3)45-57)58-34-22-26-52(4)46-58)80-72(64)73(63)59-35-11-15-39-65(59)77(53-27-7-5-8-28-53)66-40-16-12-36-60(66)73/h5-48H,1-4H3. The molecule has 10 aromatic carbocycles. The fourth-order valence-corrected chi connectivity index (χ4v) is 16.5. The third-order valence-corrected chi connectivity index (χ3v) is 19.1. The first-order valence-electron chi connectivity index (χ1n) is 27.6. The molecule has 0 fully saturated rings. The van der Waals surface area contributed by atoms with Gasteiger partial charge in [0.1, 0.15) is 10.0 Å². The molecule has 80 heavy (non-hydrogen) atoms. The molecular weight excluding hydrogens is 1010 g/mol. The molecule has 0 saturated carbocycles. The van der Waals surface area contributed by atoms with Crippen molar-refractivity contribution >= 4 is 89.5 Å². The summed E-state index contributed by atoms with van der Waals surface area (Å²) in [6, 6.07) is 100. The van der Waals surface area contributed by atoms with E-state index in [-0.39, 0.29) is 0 Å². The van der Waals surface area contributed by atoms with E-state index in [1.807, 2.05) is 22.7 Å². The number of hydrogen-bond acceptors (Lipinski definition) is 6. The van der Waals surface area contributed by atoms with Crippen LogP contribution in [0.15, 0.2) is 267 Å². The van der Waals surface area contributed by atoms with Crippen molar-refractivity contribution in [3.8, 4) is 0 Å². The second-order valence-electron chi connectivity index (χ2n) is 21.6. The second-order valence-corrected chi connectivity index (χ2v) is 23.7. The third kappa shape index (κ3) is 7.12. The average molecular weight is 1070 g/mol. The van der Waals surface area contributed by atoms with Crippen LogP contribution in [0.1, 0.15) is 65.4 Å². The number of rotatable bonds is 8. The van der Waals surface area contributed by atoms with Gasteiger partial charge < -0.3 is 19.6 Å². The molecule has 0 saturated heterocycles. The van der Waals surface area contributed by atoms with Crippen molar-refractivity contribution in [2.24, 2.45) is 0 Å². The summed E-state index contributed by atoms with van der Waals surface area (Å²) in [7, 11) is 0. The maximum atomic E-state index is 2.61. The monoisotopic (exact) mass is 1060 g/mol. The number of thiophene rings is 2. The summed E-state index contributed by atoms with van der Waals surface area (Å²) in [5.41, 5.74) is 22.2. The van der Waals surface area contributed by atoms with E-state index >= 15 is 0 Å². The zero-order valence-electron chi connectivity index (χ0n) is 45.0. The zero-order chi connectivity index (χ0) is 53.7. The van der Waals surface area contributed by atoms with Gasteiger partial charge in [-0.15, -0.1) is 22.7 Å². The first kappa shape index (κ1) is 48.0. The number of benzene rings is 10. The molecule has 1 aliphatic carbocycles. The van der Waals surface area contributed by atoms with E-state index < -0.39 is 10.8 Å². The maximum absolute atomic E-state index is 2.61. The molecule has 4 heterocycles. The van der Waals surface area contributed by atoms with Gasteiger partial charge in [-0.1, -0.05) is 158 Å². The van der Waals surface area contributed by atoms with Crippen LogP contribution in [0.3, 0.4) is 0 Å². The number of aryl methyl sites for hydroxylation is 4. The highest BCUT2D eigenvalue weighted by Gasteiger charge is 2.61. The van der Waals surface area contributed by atoms with Gasteiger partial charge in [-0.2, -0.15) is 0 Å². The summed E-state index contributed by atoms with van der Waals surface area (Å²) < 4.78 is 0. The molecule has 0 radical (unpaired) electrons. The van der Waals surface area contributed by atoms with Gasteiger partial charge in [0.2, 0.25) is 0 Å². The van der Waals surface area contributed by atoms with E-state index in [0.717, 1.165) is 66.9 Å². The normalized spacial score (nSPS) is 13.9. The fourth-order valence-electron chi connectivity index (χ4n) is 13.5. The van der Waals surface area contributed by atoms with Crippen LogP contribution in [-0.2, 0) is 10.8 Å². The van der Waals surface area contributed by atoms with E-state index in [1.165, 1.54) is 65.4 Å². The zero-order valence-corrected chi connectivity index (χ0v) is 46.6. The van der Waals surface area contributed by atoms with Crippen molar-refractivity contribution in [3.05, 3.63) is 332 Å². The predicted molar refractivity (Wildman–Crippen MR) is 337 cm³/mol. The number of nitrogens with zero attached hydrogens (tertiary/aromatic N) is 4. The van der Waals surface area contributed by atoms with Gasteiger partial charge in [0.25, 0.3) is 0 Å².